The van der Waals surface area contributed by atoms with Crippen LogP contribution < -0.4 is 15.8 Å². The lowest BCUT2D eigenvalue weighted by molar-refractivity contribution is -0.116. The lowest BCUT2D eigenvalue weighted by Crippen LogP contribution is -2.14. The summed E-state index contributed by atoms with van der Waals surface area (Å²) in [5.74, 6) is 0.499. The van der Waals surface area contributed by atoms with E-state index < -0.39 is 0 Å². The van der Waals surface area contributed by atoms with Crippen LogP contribution in [0, 0.1) is 20.8 Å². The first-order chi connectivity index (χ1) is 12.8. The van der Waals surface area contributed by atoms with Crippen molar-refractivity contribution in [2.45, 2.75) is 33.6 Å². The number of nitrogens with two attached hydrogens (primary N) is 1. The second kappa shape index (κ2) is 7.26. The summed E-state index contributed by atoms with van der Waals surface area (Å²) in [5, 5.41) is 8.20. The van der Waals surface area contributed by atoms with Gasteiger partial charge in [0.15, 0.2) is 5.65 Å². The van der Waals surface area contributed by atoms with Crippen molar-refractivity contribution in [1.29, 1.82) is 0 Å². The smallest absolute Gasteiger partial charge is 0.242 e. The highest BCUT2D eigenvalue weighted by Gasteiger charge is 2.18. The topological polar surface area (TPSA) is 95.1 Å². The molecule has 3 aromatic rings. The summed E-state index contributed by atoms with van der Waals surface area (Å²) >= 11 is 0. The number of benzene rings is 1. The van der Waals surface area contributed by atoms with Crippen molar-refractivity contribution in [3.05, 3.63) is 40.6 Å². The number of methoxy groups -OCH3 is 1. The zero-order chi connectivity index (χ0) is 19.7. The molecule has 1 aromatic carbocycles. The Balaban J connectivity index is 1.82. The van der Waals surface area contributed by atoms with E-state index in [9.17, 15) is 4.79 Å². The van der Waals surface area contributed by atoms with E-state index in [-0.39, 0.29) is 5.91 Å². The Morgan fingerprint density at radius 2 is 2.04 bits per heavy atom. The molecule has 7 nitrogen and oxygen atoms in total. The Kier molecular flexibility index (Phi) is 5.03. The SMILES string of the molecule is COc1nn(C)c2nc(C)c(CCC(=O)Nc3cc(N)ccc3C)c(C)c12. The first kappa shape index (κ1) is 18.7. The number of carbonyl (C=O) groups is 1. The van der Waals surface area contributed by atoms with Gasteiger partial charge in [-0.1, -0.05) is 6.07 Å². The molecule has 0 aliphatic heterocycles. The van der Waals surface area contributed by atoms with Crippen molar-refractivity contribution in [3.8, 4) is 5.88 Å². The van der Waals surface area contributed by atoms with E-state index in [1.165, 1.54) is 0 Å². The number of anilines is 2. The number of rotatable bonds is 5. The van der Waals surface area contributed by atoms with Crippen LogP contribution in [0.2, 0.25) is 0 Å². The average Bonchev–Trinajstić information content (AvgIpc) is 2.94. The fourth-order valence-corrected chi connectivity index (χ4v) is 3.33. The van der Waals surface area contributed by atoms with Crippen LogP contribution >= 0.6 is 0 Å². The molecule has 1 amide bonds. The van der Waals surface area contributed by atoms with Gasteiger partial charge in [-0.05, 0) is 56.0 Å². The largest absolute Gasteiger partial charge is 0.479 e. The van der Waals surface area contributed by atoms with Gasteiger partial charge < -0.3 is 15.8 Å². The zero-order valence-electron chi connectivity index (χ0n) is 16.4. The lowest BCUT2D eigenvalue weighted by atomic mass is 10.00. The van der Waals surface area contributed by atoms with Crippen LogP contribution in [0.25, 0.3) is 11.0 Å². The van der Waals surface area contributed by atoms with E-state index in [1.807, 2.05) is 40.0 Å². The number of nitrogens with one attached hydrogen (secondary N) is 1. The van der Waals surface area contributed by atoms with Crippen LogP contribution in [0.15, 0.2) is 18.2 Å². The number of nitrogen functional groups attached to an aromatic ring is 1. The molecule has 0 bridgehead atoms. The summed E-state index contributed by atoms with van der Waals surface area (Å²) in [5.41, 5.74) is 11.9. The molecule has 142 valence electrons. The molecule has 0 aliphatic carbocycles. The van der Waals surface area contributed by atoms with Crippen LogP contribution in [0.4, 0.5) is 11.4 Å². The minimum atomic E-state index is -0.0549. The Bertz CT molecular complexity index is 1020. The van der Waals surface area contributed by atoms with Crippen LogP contribution in [0.5, 0.6) is 5.88 Å². The first-order valence-corrected chi connectivity index (χ1v) is 8.84. The highest BCUT2D eigenvalue weighted by molar-refractivity contribution is 5.92. The van der Waals surface area contributed by atoms with Crippen molar-refractivity contribution >= 4 is 28.3 Å². The number of hydrogen-bond acceptors (Lipinski definition) is 5. The fraction of sp³-hybridized carbons (Fsp3) is 0.350. The van der Waals surface area contributed by atoms with Crippen LogP contribution in [-0.4, -0.2) is 27.8 Å². The number of hydrogen-bond donors (Lipinski definition) is 2. The minimum absolute atomic E-state index is 0.0549. The zero-order valence-corrected chi connectivity index (χ0v) is 16.4. The second-order valence-corrected chi connectivity index (χ2v) is 6.75. The number of carbonyl (C=O) groups excluding carboxylic acids is 1. The number of ether oxygens (including phenoxy) is 1. The van der Waals surface area contributed by atoms with Gasteiger partial charge in [-0.15, -0.1) is 5.10 Å². The Morgan fingerprint density at radius 1 is 1.30 bits per heavy atom. The first-order valence-electron chi connectivity index (χ1n) is 8.84. The van der Waals surface area contributed by atoms with Gasteiger partial charge in [0.05, 0.1) is 12.5 Å². The van der Waals surface area contributed by atoms with Crippen molar-refractivity contribution < 1.29 is 9.53 Å². The molecule has 2 aromatic heterocycles. The molecule has 2 heterocycles. The van der Waals surface area contributed by atoms with Crippen LogP contribution in [0.3, 0.4) is 0 Å². The number of aryl methyl sites for hydroxylation is 4. The van der Waals surface area contributed by atoms with Gasteiger partial charge >= 0.3 is 0 Å². The maximum Gasteiger partial charge on any atom is 0.242 e. The molecule has 0 spiro atoms. The summed E-state index contributed by atoms with van der Waals surface area (Å²) in [7, 11) is 3.44. The molecular formula is C20H25N5O2. The fourth-order valence-electron chi connectivity index (χ4n) is 3.33. The lowest BCUT2D eigenvalue weighted by Gasteiger charge is -2.12. The molecule has 0 saturated carbocycles. The van der Waals surface area contributed by atoms with Crippen LogP contribution in [-0.2, 0) is 18.3 Å². The molecule has 0 fully saturated rings. The Hall–Kier alpha value is -3.09. The van der Waals surface area contributed by atoms with E-state index in [4.69, 9.17) is 10.5 Å². The predicted octanol–water partition coefficient (Wildman–Crippen LogP) is 3.06. The normalized spacial score (nSPS) is 11.0. The molecule has 27 heavy (non-hydrogen) atoms. The van der Waals surface area contributed by atoms with Crippen LogP contribution in [0.1, 0.15) is 28.8 Å². The van der Waals surface area contributed by atoms with E-state index in [0.717, 1.165) is 39.1 Å². The minimum Gasteiger partial charge on any atom is -0.479 e. The highest BCUT2D eigenvalue weighted by Crippen LogP contribution is 2.30. The average molecular weight is 367 g/mol. The molecule has 0 atom stereocenters. The summed E-state index contributed by atoms with van der Waals surface area (Å²) in [4.78, 5) is 17.1. The molecule has 3 N–H and O–H groups in total. The van der Waals surface area contributed by atoms with Gasteiger partial charge in [-0.3, -0.25) is 4.79 Å². The summed E-state index contributed by atoms with van der Waals surface area (Å²) < 4.78 is 7.11. The molecule has 7 heteroatoms. The van der Waals surface area contributed by atoms with E-state index in [1.54, 1.807) is 17.9 Å². The molecule has 0 radical (unpaired) electrons. The molecule has 0 aliphatic rings. The quantitative estimate of drug-likeness (QED) is 0.676. The van der Waals surface area contributed by atoms with Crippen molar-refractivity contribution in [1.82, 2.24) is 14.8 Å². The van der Waals surface area contributed by atoms with Gasteiger partial charge in [-0.2, -0.15) is 0 Å². The number of fused-ring (bicyclic) bond motifs is 1. The Labute approximate surface area is 158 Å². The summed E-state index contributed by atoms with van der Waals surface area (Å²) in [6.07, 6.45) is 0.942. The number of pyridine rings is 1. The van der Waals surface area contributed by atoms with E-state index in [0.29, 0.717) is 24.4 Å². The summed E-state index contributed by atoms with van der Waals surface area (Å²) in [6.45, 7) is 5.92. The van der Waals surface area contributed by atoms with Gasteiger partial charge in [-0.25, -0.2) is 9.67 Å². The highest BCUT2D eigenvalue weighted by atomic mass is 16.5. The van der Waals surface area contributed by atoms with E-state index in [2.05, 4.69) is 15.4 Å². The van der Waals surface area contributed by atoms with Gasteiger partial charge in [0.25, 0.3) is 0 Å². The molecule has 0 unspecified atom stereocenters. The second-order valence-electron chi connectivity index (χ2n) is 6.75. The standard InChI is InChI=1S/C20H25N5O2/c1-11-6-7-14(21)10-16(11)23-17(26)9-8-15-12(2)18-19(22-13(15)3)25(4)24-20(18)27-5/h6-7,10H,8-9,21H2,1-5H3,(H,23,26). The summed E-state index contributed by atoms with van der Waals surface area (Å²) in [6, 6.07) is 5.49. The number of aromatic nitrogens is 3. The van der Waals surface area contributed by atoms with Gasteiger partial charge in [0.1, 0.15) is 0 Å². The third kappa shape index (κ3) is 3.58. The van der Waals surface area contributed by atoms with E-state index >= 15 is 0 Å². The number of nitrogens with zero attached hydrogens (tertiary/aromatic N) is 3. The maximum atomic E-state index is 12.4. The van der Waals surface area contributed by atoms with Crippen molar-refractivity contribution in [3.63, 3.8) is 0 Å². The molecule has 0 saturated heterocycles. The van der Waals surface area contributed by atoms with Gasteiger partial charge in [0.2, 0.25) is 11.8 Å². The molecular weight excluding hydrogens is 342 g/mol. The van der Waals surface area contributed by atoms with Crippen molar-refractivity contribution in [2.75, 3.05) is 18.2 Å². The Morgan fingerprint density at radius 3 is 2.74 bits per heavy atom. The maximum absolute atomic E-state index is 12.4. The third-order valence-electron chi connectivity index (χ3n) is 4.85. The molecule has 3 rings (SSSR count). The monoisotopic (exact) mass is 367 g/mol. The number of amides is 1. The third-order valence-corrected chi connectivity index (χ3v) is 4.85. The van der Waals surface area contributed by atoms with Crippen molar-refractivity contribution in [2.24, 2.45) is 7.05 Å². The predicted molar refractivity (Wildman–Crippen MR) is 107 cm³/mol. The van der Waals surface area contributed by atoms with Gasteiger partial charge in [0, 0.05) is 30.5 Å².